The Morgan fingerprint density at radius 3 is 2.75 bits per heavy atom. The highest BCUT2D eigenvalue weighted by Gasteiger charge is 2.32. The SMILES string of the molecule is CCNC(=NCc1cn[nH]c1C)NC1CCC2CCCCC2C1.I. The molecule has 1 aromatic heterocycles. The predicted octanol–water partition coefficient (Wildman–Crippen LogP) is 3.75. The lowest BCUT2D eigenvalue weighted by atomic mass is 9.69. The highest BCUT2D eigenvalue weighted by molar-refractivity contribution is 14.0. The molecule has 0 bridgehead atoms. The maximum atomic E-state index is 4.75. The number of nitrogens with zero attached hydrogens (tertiary/aromatic N) is 2. The Morgan fingerprint density at radius 1 is 1.25 bits per heavy atom. The van der Waals surface area contributed by atoms with E-state index in [1.54, 1.807) is 0 Å². The summed E-state index contributed by atoms with van der Waals surface area (Å²) in [4.78, 5) is 4.75. The number of nitrogens with one attached hydrogen (secondary N) is 3. The minimum absolute atomic E-state index is 0. The molecule has 136 valence electrons. The van der Waals surface area contributed by atoms with E-state index in [9.17, 15) is 0 Å². The third kappa shape index (κ3) is 5.10. The van der Waals surface area contributed by atoms with Crippen molar-refractivity contribution >= 4 is 29.9 Å². The van der Waals surface area contributed by atoms with Crippen molar-refractivity contribution in [2.75, 3.05) is 6.54 Å². The number of H-pyrrole nitrogens is 1. The Balaban J connectivity index is 0.00000208. The zero-order valence-electron chi connectivity index (χ0n) is 15.0. The van der Waals surface area contributed by atoms with Crippen molar-refractivity contribution in [3.05, 3.63) is 17.5 Å². The second kappa shape index (κ2) is 9.63. The monoisotopic (exact) mass is 445 g/mol. The molecule has 2 aliphatic carbocycles. The standard InChI is InChI=1S/C18H31N5.HI/c1-3-19-18(20-11-16-12-21-23-13(16)2)22-17-9-8-14-6-4-5-7-15(14)10-17;/h12,14-15,17H,3-11H2,1-2H3,(H,21,23)(H2,19,20,22);1H. The highest BCUT2D eigenvalue weighted by Crippen LogP contribution is 2.40. The van der Waals surface area contributed by atoms with Gasteiger partial charge in [-0.25, -0.2) is 4.99 Å². The number of aryl methyl sites for hydroxylation is 1. The normalized spacial score (nSPS) is 27.1. The summed E-state index contributed by atoms with van der Waals surface area (Å²) in [6.45, 7) is 5.74. The van der Waals surface area contributed by atoms with E-state index in [4.69, 9.17) is 4.99 Å². The van der Waals surface area contributed by atoms with Crippen molar-refractivity contribution in [2.24, 2.45) is 16.8 Å². The van der Waals surface area contributed by atoms with E-state index in [0.717, 1.165) is 35.6 Å². The number of rotatable bonds is 4. The fraction of sp³-hybridized carbons (Fsp3) is 0.778. The summed E-state index contributed by atoms with van der Waals surface area (Å²) < 4.78 is 0. The number of hydrogen-bond donors (Lipinski definition) is 3. The van der Waals surface area contributed by atoms with Crippen LogP contribution in [0, 0.1) is 18.8 Å². The van der Waals surface area contributed by atoms with E-state index in [1.807, 2.05) is 13.1 Å². The lowest BCUT2D eigenvalue weighted by Crippen LogP contribution is -2.46. The summed E-state index contributed by atoms with van der Waals surface area (Å²) in [5.74, 6) is 2.89. The molecule has 0 aromatic carbocycles. The minimum atomic E-state index is 0. The number of aromatic nitrogens is 2. The first-order chi connectivity index (χ1) is 11.3. The first-order valence-electron chi connectivity index (χ1n) is 9.30. The smallest absolute Gasteiger partial charge is 0.191 e. The molecule has 0 amide bonds. The summed E-state index contributed by atoms with van der Waals surface area (Å²) in [5, 5.41) is 14.1. The van der Waals surface area contributed by atoms with E-state index in [2.05, 4.69) is 27.8 Å². The van der Waals surface area contributed by atoms with Crippen LogP contribution in [0.1, 0.15) is 63.1 Å². The minimum Gasteiger partial charge on any atom is -0.357 e. The van der Waals surface area contributed by atoms with Gasteiger partial charge in [0.2, 0.25) is 0 Å². The lowest BCUT2D eigenvalue weighted by molar-refractivity contribution is 0.150. The molecule has 0 saturated heterocycles. The van der Waals surface area contributed by atoms with Gasteiger partial charge in [-0.3, -0.25) is 5.10 Å². The first kappa shape index (κ1) is 19.5. The maximum absolute atomic E-state index is 4.75. The summed E-state index contributed by atoms with van der Waals surface area (Å²) in [6.07, 6.45) is 11.7. The van der Waals surface area contributed by atoms with Gasteiger partial charge in [0, 0.05) is 23.8 Å². The fourth-order valence-corrected chi connectivity index (χ4v) is 4.22. The Kier molecular flexibility index (Phi) is 7.84. The number of aromatic amines is 1. The number of aliphatic imine (C=N–C) groups is 1. The Morgan fingerprint density at radius 2 is 2.04 bits per heavy atom. The van der Waals surface area contributed by atoms with Crippen LogP contribution in [0.15, 0.2) is 11.2 Å². The molecule has 5 nitrogen and oxygen atoms in total. The van der Waals surface area contributed by atoms with E-state index >= 15 is 0 Å². The van der Waals surface area contributed by atoms with Gasteiger partial charge in [-0.15, -0.1) is 24.0 Å². The summed E-state index contributed by atoms with van der Waals surface area (Å²) in [5.41, 5.74) is 2.27. The third-order valence-electron chi connectivity index (χ3n) is 5.57. The number of hydrogen-bond acceptors (Lipinski definition) is 2. The van der Waals surface area contributed by atoms with Gasteiger partial charge >= 0.3 is 0 Å². The number of fused-ring (bicyclic) bond motifs is 1. The van der Waals surface area contributed by atoms with Crippen LogP contribution in [0.3, 0.4) is 0 Å². The molecular formula is C18H32IN5. The van der Waals surface area contributed by atoms with Gasteiger partial charge in [0.25, 0.3) is 0 Å². The van der Waals surface area contributed by atoms with Gasteiger partial charge in [0.15, 0.2) is 5.96 Å². The molecule has 0 spiro atoms. The van der Waals surface area contributed by atoms with Crippen molar-refractivity contribution < 1.29 is 0 Å². The molecule has 1 aromatic rings. The Labute approximate surface area is 162 Å². The van der Waals surface area contributed by atoms with Gasteiger partial charge in [0.05, 0.1) is 12.7 Å². The van der Waals surface area contributed by atoms with Gasteiger partial charge < -0.3 is 10.6 Å². The van der Waals surface area contributed by atoms with Gasteiger partial charge in [0.1, 0.15) is 0 Å². The van der Waals surface area contributed by atoms with Crippen LogP contribution in [0.2, 0.25) is 0 Å². The third-order valence-corrected chi connectivity index (χ3v) is 5.57. The molecule has 3 rings (SSSR count). The molecule has 0 aliphatic heterocycles. The maximum Gasteiger partial charge on any atom is 0.191 e. The van der Waals surface area contributed by atoms with Crippen LogP contribution in [0.25, 0.3) is 0 Å². The van der Waals surface area contributed by atoms with Crippen LogP contribution in [0.4, 0.5) is 0 Å². The molecule has 3 unspecified atom stereocenters. The van der Waals surface area contributed by atoms with Crippen LogP contribution in [-0.2, 0) is 6.54 Å². The summed E-state index contributed by atoms with van der Waals surface area (Å²) in [6, 6.07) is 0.581. The second-order valence-electron chi connectivity index (χ2n) is 7.17. The molecule has 0 radical (unpaired) electrons. The largest absolute Gasteiger partial charge is 0.357 e. The molecular weight excluding hydrogens is 413 g/mol. The topological polar surface area (TPSA) is 65.1 Å². The molecule has 3 N–H and O–H groups in total. The van der Waals surface area contributed by atoms with Crippen molar-refractivity contribution in [3.63, 3.8) is 0 Å². The number of guanidine groups is 1. The second-order valence-corrected chi connectivity index (χ2v) is 7.17. The average molecular weight is 445 g/mol. The highest BCUT2D eigenvalue weighted by atomic mass is 127. The van der Waals surface area contributed by atoms with E-state index in [-0.39, 0.29) is 24.0 Å². The molecule has 3 atom stereocenters. The quantitative estimate of drug-likeness (QED) is 0.376. The molecule has 2 fully saturated rings. The van der Waals surface area contributed by atoms with Gasteiger partial charge in [-0.05, 0) is 44.9 Å². The van der Waals surface area contributed by atoms with E-state index in [1.165, 1.54) is 44.9 Å². The van der Waals surface area contributed by atoms with Crippen molar-refractivity contribution in [2.45, 2.75) is 71.4 Å². The van der Waals surface area contributed by atoms with Crippen molar-refractivity contribution in [1.29, 1.82) is 0 Å². The predicted molar refractivity (Wildman–Crippen MR) is 110 cm³/mol. The average Bonchev–Trinajstić information content (AvgIpc) is 2.98. The zero-order valence-corrected chi connectivity index (χ0v) is 17.3. The van der Waals surface area contributed by atoms with Crippen LogP contribution >= 0.6 is 24.0 Å². The molecule has 2 aliphatic rings. The van der Waals surface area contributed by atoms with Gasteiger partial charge in [-0.2, -0.15) is 5.10 Å². The van der Waals surface area contributed by atoms with Crippen molar-refractivity contribution in [3.8, 4) is 0 Å². The molecule has 1 heterocycles. The van der Waals surface area contributed by atoms with E-state index in [0.29, 0.717) is 12.6 Å². The van der Waals surface area contributed by atoms with Crippen LogP contribution in [-0.4, -0.2) is 28.7 Å². The Hall–Kier alpha value is -0.790. The summed E-state index contributed by atoms with van der Waals surface area (Å²) >= 11 is 0. The fourth-order valence-electron chi connectivity index (χ4n) is 4.22. The molecule has 24 heavy (non-hydrogen) atoms. The Bertz CT molecular complexity index is 527. The van der Waals surface area contributed by atoms with Crippen molar-refractivity contribution in [1.82, 2.24) is 20.8 Å². The lowest BCUT2D eigenvalue weighted by Gasteiger charge is -2.39. The number of halogens is 1. The molecule has 6 heteroatoms. The van der Waals surface area contributed by atoms with Crippen LogP contribution < -0.4 is 10.6 Å². The van der Waals surface area contributed by atoms with E-state index < -0.39 is 0 Å². The first-order valence-corrected chi connectivity index (χ1v) is 9.30. The van der Waals surface area contributed by atoms with Crippen LogP contribution in [0.5, 0.6) is 0 Å². The summed E-state index contributed by atoms with van der Waals surface area (Å²) in [7, 11) is 0. The molecule has 2 saturated carbocycles. The van der Waals surface area contributed by atoms with Gasteiger partial charge in [-0.1, -0.05) is 25.7 Å². The zero-order chi connectivity index (χ0) is 16.1.